The Morgan fingerprint density at radius 3 is 2.94 bits per heavy atom. The molecule has 0 N–H and O–H groups in total. The summed E-state index contributed by atoms with van der Waals surface area (Å²) < 4.78 is 18.2. The minimum absolute atomic E-state index is 0.0310. The van der Waals surface area contributed by atoms with Crippen molar-refractivity contribution in [1.82, 2.24) is 0 Å². The second-order valence-electron chi connectivity index (χ2n) is 6.69. The van der Waals surface area contributed by atoms with Crippen molar-refractivity contribution in [3.63, 3.8) is 0 Å². The van der Waals surface area contributed by atoms with Gasteiger partial charge in [-0.3, -0.25) is 0 Å². The van der Waals surface area contributed by atoms with E-state index in [1.54, 1.807) is 0 Å². The van der Waals surface area contributed by atoms with Crippen LogP contribution < -0.4 is 0 Å². The molecule has 0 aromatic carbocycles. The Morgan fingerprint density at radius 1 is 1.22 bits per heavy atom. The van der Waals surface area contributed by atoms with Gasteiger partial charge in [0.2, 0.25) is 0 Å². The predicted molar refractivity (Wildman–Crippen MR) is 67.2 cm³/mol. The maximum absolute atomic E-state index is 6.26. The molecule has 0 bridgehead atoms. The lowest BCUT2D eigenvalue weighted by Crippen LogP contribution is -2.61. The average Bonchev–Trinajstić information content (AvgIpc) is 3.05. The fraction of sp³-hybridized carbons (Fsp3) is 1.00. The second kappa shape index (κ2) is 3.71. The molecule has 4 rings (SSSR count). The van der Waals surface area contributed by atoms with Crippen LogP contribution in [0.3, 0.4) is 0 Å². The van der Waals surface area contributed by atoms with Crippen molar-refractivity contribution in [2.75, 3.05) is 6.61 Å². The van der Waals surface area contributed by atoms with Gasteiger partial charge in [-0.25, -0.2) is 0 Å². The number of ether oxygens (including phenoxy) is 3. The van der Waals surface area contributed by atoms with E-state index >= 15 is 0 Å². The zero-order valence-corrected chi connectivity index (χ0v) is 11.5. The van der Waals surface area contributed by atoms with Gasteiger partial charge < -0.3 is 14.2 Å². The van der Waals surface area contributed by atoms with Crippen molar-refractivity contribution < 1.29 is 14.2 Å². The van der Waals surface area contributed by atoms with Crippen LogP contribution in [0.15, 0.2) is 0 Å². The maximum atomic E-state index is 6.26. The molecule has 1 spiro atoms. The van der Waals surface area contributed by atoms with Crippen molar-refractivity contribution in [2.45, 2.75) is 76.5 Å². The molecule has 2 heterocycles. The van der Waals surface area contributed by atoms with Gasteiger partial charge in [0.25, 0.3) is 0 Å². The Labute approximate surface area is 109 Å². The highest BCUT2D eigenvalue weighted by Crippen LogP contribution is 2.69. The summed E-state index contributed by atoms with van der Waals surface area (Å²) >= 11 is 0. The molecule has 2 aliphatic carbocycles. The van der Waals surface area contributed by atoms with Crippen LogP contribution in [0.5, 0.6) is 0 Å². The minimum atomic E-state index is 0.0310. The summed E-state index contributed by atoms with van der Waals surface area (Å²) in [6.45, 7) is 5.24. The second-order valence-corrected chi connectivity index (χ2v) is 6.69. The molecular formula is C15H24O3. The normalized spacial score (nSPS) is 57.7. The van der Waals surface area contributed by atoms with Crippen LogP contribution in [-0.4, -0.2) is 30.7 Å². The predicted octanol–water partition coefficient (Wildman–Crippen LogP) is 2.88. The third kappa shape index (κ3) is 1.26. The quantitative estimate of drug-likeness (QED) is 0.708. The van der Waals surface area contributed by atoms with Crippen molar-refractivity contribution >= 4 is 0 Å². The van der Waals surface area contributed by atoms with E-state index in [1.165, 1.54) is 32.1 Å². The Morgan fingerprint density at radius 2 is 2.11 bits per heavy atom. The van der Waals surface area contributed by atoms with E-state index in [9.17, 15) is 0 Å². The summed E-state index contributed by atoms with van der Waals surface area (Å²) in [6, 6.07) is 0. The fourth-order valence-corrected chi connectivity index (χ4v) is 5.19. The molecule has 2 aliphatic heterocycles. The molecule has 4 aliphatic rings. The highest BCUT2D eigenvalue weighted by molar-refractivity contribution is 5.22. The SMILES string of the molecule is CCO[C@@H]1C[C@@H]2CC[C@@H]3O[C@@]34CCC[C@H](O1)[C@]24C. The van der Waals surface area contributed by atoms with Gasteiger partial charge in [-0.15, -0.1) is 0 Å². The van der Waals surface area contributed by atoms with Crippen molar-refractivity contribution in [1.29, 1.82) is 0 Å². The summed E-state index contributed by atoms with van der Waals surface area (Å²) in [5, 5.41) is 0. The Balaban J connectivity index is 1.66. The highest BCUT2D eigenvalue weighted by atomic mass is 16.7. The standard InChI is InChI=1S/C15H24O3/c1-3-16-13-9-10-6-7-12-15(18-12)8-4-5-11(17-13)14(10,15)2/h10-13H,3-9H2,1-2H3/t10-,11-,12-,13-,14-,15-/m0/s1. The van der Waals surface area contributed by atoms with Crippen molar-refractivity contribution in [3.8, 4) is 0 Å². The molecule has 6 atom stereocenters. The number of hydrogen-bond acceptors (Lipinski definition) is 3. The van der Waals surface area contributed by atoms with Gasteiger partial charge in [-0.1, -0.05) is 6.92 Å². The Kier molecular flexibility index (Phi) is 2.41. The minimum Gasteiger partial charge on any atom is -0.365 e. The molecule has 18 heavy (non-hydrogen) atoms. The molecule has 0 radical (unpaired) electrons. The van der Waals surface area contributed by atoms with Gasteiger partial charge in [0.1, 0.15) is 5.60 Å². The summed E-state index contributed by atoms with van der Waals surface area (Å²) in [5.41, 5.74) is 0.428. The van der Waals surface area contributed by atoms with Crippen molar-refractivity contribution in [3.05, 3.63) is 0 Å². The summed E-state index contributed by atoms with van der Waals surface area (Å²) in [6.07, 6.45) is 8.24. The molecule has 102 valence electrons. The van der Waals surface area contributed by atoms with Crippen LogP contribution in [-0.2, 0) is 14.2 Å². The zero-order chi connectivity index (χ0) is 12.4. The first-order chi connectivity index (χ1) is 8.70. The van der Waals surface area contributed by atoms with Crippen LogP contribution in [0.1, 0.15) is 52.4 Å². The first-order valence-corrected chi connectivity index (χ1v) is 7.65. The van der Waals surface area contributed by atoms with E-state index < -0.39 is 0 Å². The third-order valence-corrected chi connectivity index (χ3v) is 6.18. The molecule has 0 unspecified atom stereocenters. The number of hydrogen-bond donors (Lipinski definition) is 0. The van der Waals surface area contributed by atoms with Gasteiger partial charge in [0, 0.05) is 18.4 Å². The van der Waals surface area contributed by atoms with E-state index in [0.29, 0.717) is 12.2 Å². The van der Waals surface area contributed by atoms with E-state index in [4.69, 9.17) is 14.2 Å². The van der Waals surface area contributed by atoms with Crippen LogP contribution in [0.25, 0.3) is 0 Å². The lowest BCUT2D eigenvalue weighted by molar-refractivity contribution is -0.273. The molecule has 0 amide bonds. The third-order valence-electron chi connectivity index (χ3n) is 6.18. The van der Waals surface area contributed by atoms with E-state index in [0.717, 1.165) is 18.9 Å². The first kappa shape index (κ1) is 11.7. The van der Waals surface area contributed by atoms with Crippen LogP contribution in [0.4, 0.5) is 0 Å². The lowest BCUT2D eigenvalue weighted by Gasteiger charge is -2.57. The molecule has 4 fully saturated rings. The van der Waals surface area contributed by atoms with Crippen LogP contribution >= 0.6 is 0 Å². The van der Waals surface area contributed by atoms with Gasteiger partial charge >= 0.3 is 0 Å². The van der Waals surface area contributed by atoms with Gasteiger partial charge in [0.15, 0.2) is 6.29 Å². The maximum Gasteiger partial charge on any atom is 0.158 e. The first-order valence-electron chi connectivity index (χ1n) is 7.65. The molecular weight excluding hydrogens is 228 g/mol. The van der Waals surface area contributed by atoms with Crippen LogP contribution in [0, 0.1) is 11.3 Å². The Hall–Kier alpha value is -0.120. The lowest BCUT2D eigenvalue weighted by atomic mass is 9.52. The fourth-order valence-electron chi connectivity index (χ4n) is 5.19. The topological polar surface area (TPSA) is 31.0 Å². The molecule has 0 aromatic heterocycles. The van der Waals surface area contributed by atoms with Gasteiger partial charge in [-0.05, 0) is 44.9 Å². The summed E-state index contributed by atoms with van der Waals surface area (Å²) in [4.78, 5) is 0. The smallest absolute Gasteiger partial charge is 0.158 e. The monoisotopic (exact) mass is 252 g/mol. The highest BCUT2D eigenvalue weighted by Gasteiger charge is 2.75. The number of rotatable bonds is 2. The largest absolute Gasteiger partial charge is 0.365 e. The summed E-state index contributed by atoms with van der Waals surface area (Å²) in [7, 11) is 0. The van der Waals surface area contributed by atoms with Crippen molar-refractivity contribution in [2.24, 2.45) is 11.3 Å². The molecule has 2 saturated heterocycles. The van der Waals surface area contributed by atoms with E-state index in [-0.39, 0.29) is 17.3 Å². The number of epoxide rings is 1. The molecule has 0 aromatic rings. The molecule has 3 heteroatoms. The Bertz CT molecular complexity index is 348. The van der Waals surface area contributed by atoms with Crippen LogP contribution in [0.2, 0.25) is 0 Å². The molecule has 3 nitrogen and oxygen atoms in total. The average molecular weight is 252 g/mol. The summed E-state index contributed by atoms with van der Waals surface area (Å²) in [5.74, 6) is 0.729. The van der Waals surface area contributed by atoms with Gasteiger partial charge in [-0.2, -0.15) is 0 Å². The zero-order valence-electron chi connectivity index (χ0n) is 11.5. The van der Waals surface area contributed by atoms with E-state index in [2.05, 4.69) is 13.8 Å². The van der Waals surface area contributed by atoms with Gasteiger partial charge in [0.05, 0.1) is 12.2 Å². The van der Waals surface area contributed by atoms with E-state index in [1.807, 2.05) is 0 Å². The molecule has 2 saturated carbocycles.